The van der Waals surface area contributed by atoms with E-state index in [2.05, 4.69) is 33.4 Å². The average molecular weight is 572 g/mol. The molecule has 2 atom stereocenters. The number of quaternary nitrogens is 1. The van der Waals surface area contributed by atoms with Gasteiger partial charge < -0.3 is 14.7 Å². The van der Waals surface area contributed by atoms with Crippen molar-refractivity contribution in [2.75, 3.05) is 27.7 Å². The van der Waals surface area contributed by atoms with Gasteiger partial charge in [0.1, 0.15) is 5.78 Å². The lowest BCUT2D eigenvalue weighted by molar-refractivity contribution is -0.870. The third-order valence-electron chi connectivity index (χ3n) is 7.08. The summed E-state index contributed by atoms with van der Waals surface area (Å²) in [6, 6.07) is -0.664. The Hall–Kier alpha value is -1.17. The number of carbonyl (C=O) groups is 4. The minimum atomic E-state index is -2.41. The van der Waals surface area contributed by atoms with E-state index in [4.69, 9.17) is 0 Å². The summed E-state index contributed by atoms with van der Waals surface area (Å²) >= 11 is 0. The smallest absolute Gasteiger partial charge is 0.219 e. The normalized spacial score (nSPS) is 13.2. The van der Waals surface area contributed by atoms with Crippen LogP contribution in [0.4, 0.5) is 0 Å². The predicted octanol–water partition coefficient (Wildman–Crippen LogP) is 7.03. The molecule has 39 heavy (non-hydrogen) atoms. The van der Waals surface area contributed by atoms with Gasteiger partial charge >= 0.3 is 0 Å². The van der Waals surface area contributed by atoms with E-state index in [0.29, 0.717) is 12.8 Å². The van der Waals surface area contributed by atoms with Crippen molar-refractivity contribution in [2.24, 2.45) is 0 Å². The van der Waals surface area contributed by atoms with Gasteiger partial charge in [-0.05, 0) is 19.3 Å². The van der Waals surface area contributed by atoms with Crippen LogP contribution in [0, 0.1) is 0 Å². The van der Waals surface area contributed by atoms with E-state index in [1.54, 1.807) is 6.92 Å². The standard InChI is InChI=1S/C31H59N2O5P/c1-6-8-9-10-11-12-13-14-15-16-17-18-19-22-28(34)25-27(32-29(35)7-2)26-31(37)39(38)30(36)23-20-21-24-33(3,4)5/h27,38H,6-26H2,1-5H3/p+1. The van der Waals surface area contributed by atoms with Gasteiger partial charge in [-0.25, -0.2) is 0 Å². The number of hydrogen-bond acceptors (Lipinski definition) is 5. The number of hydrogen-bond donors (Lipinski definition) is 2. The average Bonchev–Trinajstić information content (AvgIpc) is 2.87. The van der Waals surface area contributed by atoms with Crippen molar-refractivity contribution in [3.05, 3.63) is 0 Å². The molecule has 0 aromatic rings. The zero-order chi connectivity index (χ0) is 29.5. The van der Waals surface area contributed by atoms with Crippen LogP contribution in [0.2, 0.25) is 0 Å². The van der Waals surface area contributed by atoms with Crippen LogP contribution in [0.5, 0.6) is 0 Å². The zero-order valence-corrected chi connectivity index (χ0v) is 26.8. The molecule has 0 radical (unpaired) electrons. The molecule has 0 saturated heterocycles. The van der Waals surface area contributed by atoms with E-state index in [1.807, 2.05) is 0 Å². The summed E-state index contributed by atoms with van der Waals surface area (Å²) in [5, 5.41) is 2.75. The molecule has 0 bridgehead atoms. The third-order valence-corrected chi connectivity index (χ3v) is 8.43. The van der Waals surface area contributed by atoms with E-state index in [0.717, 1.165) is 36.7 Å². The first-order valence-electron chi connectivity index (χ1n) is 15.7. The van der Waals surface area contributed by atoms with E-state index in [1.165, 1.54) is 64.2 Å². The first-order chi connectivity index (χ1) is 18.5. The molecule has 0 saturated carbocycles. The first kappa shape index (κ1) is 37.8. The highest BCUT2D eigenvalue weighted by Gasteiger charge is 2.28. The summed E-state index contributed by atoms with van der Waals surface area (Å²) in [7, 11) is 3.83. The maximum absolute atomic E-state index is 12.6. The molecule has 2 unspecified atom stereocenters. The summed E-state index contributed by atoms with van der Waals surface area (Å²) in [6.45, 7) is 4.87. The second-order valence-electron chi connectivity index (χ2n) is 12.1. The molecule has 7 nitrogen and oxygen atoms in total. The Labute approximate surface area is 240 Å². The van der Waals surface area contributed by atoms with Crippen LogP contribution in [-0.2, 0) is 19.2 Å². The minimum absolute atomic E-state index is 0.0150. The van der Waals surface area contributed by atoms with Crippen molar-refractivity contribution in [1.82, 2.24) is 5.32 Å². The lowest BCUT2D eigenvalue weighted by atomic mass is 10.0. The van der Waals surface area contributed by atoms with Gasteiger partial charge in [0.2, 0.25) is 5.91 Å². The highest BCUT2D eigenvalue weighted by Crippen LogP contribution is 2.36. The van der Waals surface area contributed by atoms with Gasteiger partial charge in [-0.15, -0.1) is 0 Å². The fourth-order valence-corrected chi connectivity index (χ4v) is 5.67. The number of unbranched alkanes of at least 4 members (excludes halogenated alkanes) is 13. The minimum Gasteiger partial charge on any atom is -0.360 e. The number of nitrogens with zero attached hydrogens (tertiary/aromatic N) is 1. The molecule has 0 heterocycles. The van der Waals surface area contributed by atoms with E-state index >= 15 is 0 Å². The van der Waals surface area contributed by atoms with Gasteiger partial charge in [0, 0.05) is 38.1 Å². The maximum Gasteiger partial charge on any atom is 0.219 e. The Morgan fingerprint density at radius 3 is 1.64 bits per heavy atom. The molecule has 0 fully saturated rings. The number of Topliss-reactive ketones (excluding diaryl/α,β-unsaturated/α-hetero) is 1. The summed E-state index contributed by atoms with van der Waals surface area (Å²) in [5.74, 6) is -0.225. The number of amides is 1. The van der Waals surface area contributed by atoms with Crippen molar-refractivity contribution in [1.29, 1.82) is 0 Å². The van der Waals surface area contributed by atoms with E-state index in [-0.39, 0.29) is 37.4 Å². The van der Waals surface area contributed by atoms with Crippen LogP contribution in [0.15, 0.2) is 0 Å². The third kappa shape index (κ3) is 23.3. The second kappa shape index (κ2) is 23.5. The zero-order valence-electron chi connectivity index (χ0n) is 25.9. The summed E-state index contributed by atoms with van der Waals surface area (Å²) < 4.78 is 0.799. The number of ketones is 1. The fraction of sp³-hybridized carbons (Fsp3) is 0.871. The number of carbonyl (C=O) groups excluding carboxylic acids is 4. The molecule has 0 aromatic heterocycles. The van der Waals surface area contributed by atoms with Crippen LogP contribution in [0.25, 0.3) is 0 Å². The molecule has 0 aliphatic heterocycles. The Kier molecular flexibility index (Phi) is 22.8. The van der Waals surface area contributed by atoms with Gasteiger partial charge in [-0.1, -0.05) is 90.9 Å². The monoisotopic (exact) mass is 571 g/mol. The maximum atomic E-state index is 12.6. The van der Waals surface area contributed by atoms with E-state index in [9.17, 15) is 24.1 Å². The fourth-order valence-electron chi connectivity index (χ4n) is 4.63. The summed E-state index contributed by atoms with van der Waals surface area (Å²) in [4.78, 5) is 59.8. The van der Waals surface area contributed by atoms with E-state index < -0.39 is 25.2 Å². The van der Waals surface area contributed by atoms with Crippen LogP contribution >= 0.6 is 8.15 Å². The molecule has 2 N–H and O–H groups in total. The van der Waals surface area contributed by atoms with Gasteiger partial charge in [-0.2, -0.15) is 0 Å². The molecular formula is C31H60N2O5P+. The molecular weight excluding hydrogens is 511 g/mol. The Balaban J connectivity index is 4.26. The molecule has 0 aliphatic carbocycles. The molecule has 0 aromatic carbocycles. The highest BCUT2D eigenvalue weighted by molar-refractivity contribution is 7.84. The Morgan fingerprint density at radius 1 is 0.667 bits per heavy atom. The Bertz CT molecular complexity index is 693. The number of nitrogens with one attached hydrogen (secondary N) is 1. The predicted molar refractivity (Wildman–Crippen MR) is 163 cm³/mol. The Morgan fingerprint density at radius 2 is 1.15 bits per heavy atom. The quantitative estimate of drug-likeness (QED) is 0.0626. The number of rotatable bonds is 27. The lowest BCUT2D eigenvalue weighted by Gasteiger charge is -2.23. The second-order valence-corrected chi connectivity index (χ2v) is 13.7. The summed E-state index contributed by atoms with van der Waals surface area (Å²) in [5.41, 5.74) is -0.980. The molecule has 0 rings (SSSR count). The largest absolute Gasteiger partial charge is 0.360 e. The topological polar surface area (TPSA) is 101 Å². The van der Waals surface area contributed by atoms with Crippen molar-refractivity contribution in [2.45, 2.75) is 148 Å². The van der Waals surface area contributed by atoms with Crippen molar-refractivity contribution in [3.8, 4) is 0 Å². The van der Waals surface area contributed by atoms with Crippen LogP contribution in [0.3, 0.4) is 0 Å². The van der Waals surface area contributed by atoms with Crippen LogP contribution in [-0.4, -0.2) is 65.8 Å². The molecule has 8 heteroatoms. The van der Waals surface area contributed by atoms with Crippen molar-refractivity contribution in [3.63, 3.8) is 0 Å². The SMILES string of the molecule is CCCCCCCCCCCCCCCC(=O)CC(CC(=O)P(O)C(=O)CCCC[N+](C)(C)C)NC(=O)CC. The van der Waals surface area contributed by atoms with Crippen LogP contribution in [0.1, 0.15) is 142 Å². The van der Waals surface area contributed by atoms with Gasteiger partial charge in [-0.3, -0.25) is 19.2 Å². The van der Waals surface area contributed by atoms with Gasteiger partial charge in [0.05, 0.1) is 27.7 Å². The van der Waals surface area contributed by atoms with Gasteiger partial charge in [0.25, 0.3) is 0 Å². The summed E-state index contributed by atoms with van der Waals surface area (Å²) in [6.07, 6.45) is 18.4. The molecule has 228 valence electrons. The lowest BCUT2D eigenvalue weighted by Crippen LogP contribution is -2.37. The van der Waals surface area contributed by atoms with Crippen molar-refractivity contribution < 1.29 is 28.6 Å². The van der Waals surface area contributed by atoms with Gasteiger partial charge in [0.15, 0.2) is 19.2 Å². The van der Waals surface area contributed by atoms with Crippen LogP contribution < -0.4 is 5.32 Å². The van der Waals surface area contributed by atoms with Crippen molar-refractivity contribution >= 4 is 30.9 Å². The first-order valence-corrected chi connectivity index (χ1v) is 17.0. The molecule has 0 aliphatic rings. The highest BCUT2D eigenvalue weighted by atomic mass is 31.1. The molecule has 1 amide bonds. The molecule has 0 spiro atoms.